The van der Waals surface area contributed by atoms with E-state index in [0.717, 1.165) is 38.7 Å². The van der Waals surface area contributed by atoms with Crippen LogP contribution in [-0.4, -0.2) is 29.4 Å². The molecule has 2 aromatic rings. The Hall–Kier alpha value is -3.06. The fraction of sp³-hybridized carbons (Fsp3) is 0.391. The second-order valence-corrected chi connectivity index (χ2v) is 8.29. The number of hydrogen-bond acceptors (Lipinski definition) is 5. The van der Waals surface area contributed by atoms with Gasteiger partial charge >= 0.3 is 6.03 Å². The van der Waals surface area contributed by atoms with Crippen LogP contribution in [0.5, 0.6) is 5.75 Å². The van der Waals surface area contributed by atoms with E-state index in [0.29, 0.717) is 12.3 Å². The van der Waals surface area contributed by atoms with Crippen LogP contribution in [0.25, 0.3) is 0 Å². The van der Waals surface area contributed by atoms with Crippen LogP contribution < -0.4 is 15.9 Å². The molecule has 162 valence electrons. The van der Waals surface area contributed by atoms with Crippen LogP contribution in [0.4, 0.5) is 10.5 Å². The van der Waals surface area contributed by atoms with Gasteiger partial charge in [0.15, 0.2) is 0 Å². The van der Waals surface area contributed by atoms with Crippen LogP contribution in [0.1, 0.15) is 49.9 Å². The summed E-state index contributed by atoms with van der Waals surface area (Å²) in [6, 6.07) is 11.2. The minimum atomic E-state index is -0.394. The molecule has 2 rings (SSSR count). The first kappa shape index (κ1) is 23.2. The zero-order valence-corrected chi connectivity index (χ0v) is 18.9. The number of anilines is 1. The average Bonchev–Trinajstić information content (AvgIpc) is 2.65. The molecule has 30 heavy (non-hydrogen) atoms. The molecule has 0 aliphatic heterocycles. The fourth-order valence-electron chi connectivity index (χ4n) is 2.66. The lowest BCUT2D eigenvalue weighted by Crippen LogP contribution is -2.37. The maximum atomic E-state index is 11.9. The molecule has 0 aromatic heterocycles. The van der Waals surface area contributed by atoms with Gasteiger partial charge in [0, 0.05) is 18.3 Å². The van der Waals surface area contributed by atoms with Crippen LogP contribution in [0.3, 0.4) is 0 Å². The molecular formula is C23H32N4O3. The third kappa shape index (κ3) is 6.49. The third-order valence-corrected chi connectivity index (χ3v) is 4.39. The molecule has 0 radical (unpaired) electrons. The maximum absolute atomic E-state index is 11.9. The minimum absolute atomic E-state index is 0.316. The summed E-state index contributed by atoms with van der Waals surface area (Å²) in [7, 11) is 1.49. The number of aryl methyl sites for hydroxylation is 2. The summed E-state index contributed by atoms with van der Waals surface area (Å²) in [5.41, 5.74) is 5.01. The molecule has 0 bridgehead atoms. The second kappa shape index (κ2) is 9.63. The van der Waals surface area contributed by atoms with Crippen molar-refractivity contribution >= 4 is 17.4 Å². The third-order valence-electron chi connectivity index (χ3n) is 4.39. The summed E-state index contributed by atoms with van der Waals surface area (Å²) in [5.74, 6) is 6.28. The van der Waals surface area contributed by atoms with Crippen molar-refractivity contribution in [1.82, 2.24) is 5.01 Å². The lowest BCUT2D eigenvalue weighted by Gasteiger charge is -2.18. The topological polar surface area (TPSA) is 89.2 Å². The Balaban J connectivity index is 2.16. The first-order valence-electron chi connectivity index (χ1n) is 9.82. The highest BCUT2D eigenvalue weighted by atomic mass is 16.6. The number of hydrazine groups is 1. The van der Waals surface area contributed by atoms with E-state index in [-0.39, 0.29) is 5.60 Å². The standard InChI is InChI=1S/C23H32N4O3/c1-15-9-8-10-20(25-22(28)27(7)24)19(15)14-29-21-12-11-18(13-16(21)2)17(3)26-30-23(4,5)6/h8-13H,14,24H2,1-7H3,(H,25,28). The van der Waals surface area contributed by atoms with Crippen molar-refractivity contribution in [2.45, 2.75) is 53.8 Å². The summed E-state index contributed by atoms with van der Waals surface area (Å²) >= 11 is 0. The van der Waals surface area contributed by atoms with Crippen molar-refractivity contribution in [3.63, 3.8) is 0 Å². The highest BCUT2D eigenvalue weighted by Gasteiger charge is 2.13. The number of carbonyl (C=O) groups excluding carboxylic acids is 1. The maximum Gasteiger partial charge on any atom is 0.335 e. The molecule has 0 saturated heterocycles. The molecule has 2 aromatic carbocycles. The van der Waals surface area contributed by atoms with Crippen molar-refractivity contribution in [2.75, 3.05) is 12.4 Å². The van der Waals surface area contributed by atoms with Gasteiger partial charge in [-0.1, -0.05) is 17.3 Å². The lowest BCUT2D eigenvalue weighted by molar-refractivity contribution is 0.000953. The Morgan fingerprint density at radius 3 is 2.47 bits per heavy atom. The number of oxime groups is 1. The highest BCUT2D eigenvalue weighted by molar-refractivity contribution is 5.98. The number of urea groups is 1. The van der Waals surface area contributed by atoms with Crippen LogP contribution in [0, 0.1) is 13.8 Å². The average molecular weight is 413 g/mol. The van der Waals surface area contributed by atoms with E-state index in [9.17, 15) is 4.79 Å². The van der Waals surface area contributed by atoms with Crippen LogP contribution in [0.2, 0.25) is 0 Å². The lowest BCUT2D eigenvalue weighted by atomic mass is 10.1. The van der Waals surface area contributed by atoms with Crippen molar-refractivity contribution in [2.24, 2.45) is 11.0 Å². The first-order chi connectivity index (χ1) is 14.0. The van der Waals surface area contributed by atoms with Gasteiger partial charge in [-0.25, -0.2) is 10.6 Å². The molecule has 0 spiro atoms. The molecule has 0 saturated carbocycles. The molecule has 7 heteroatoms. The minimum Gasteiger partial charge on any atom is -0.489 e. The molecule has 3 N–H and O–H groups in total. The summed E-state index contributed by atoms with van der Waals surface area (Å²) in [6.07, 6.45) is 0. The molecule has 0 aliphatic carbocycles. The Bertz CT molecular complexity index is 931. The van der Waals surface area contributed by atoms with Gasteiger partial charge in [-0.05, 0) is 82.5 Å². The van der Waals surface area contributed by atoms with Crippen molar-refractivity contribution in [1.29, 1.82) is 0 Å². The molecular weight excluding hydrogens is 380 g/mol. The Labute approximate surface area is 178 Å². The highest BCUT2D eigenvalue weighted by Crippen LogP contribution is 2.25. The number of rotatable bonds is 6. The van der Waals surface area contributed by atoms with Gasteiger partial charge in [0.2, 0.25) is 0 Å². The van der Waals surface area contributed by atoms with E-state index in [1.54, 1.807) is 0 Å². The number of nitrogens with two attached hydrogens (primary N) is 1. The summed E-state index contributed by atoms with van der Waals surface area (Å²) in [6.45, 7) is 12.1. The van der Waals surface area contributed by atoms with Crippen LogP contribution in [-0.2, 0) is 11.4 Å². The molecule has 0 aliphatic rings. The number of carbonyl (C=O) groups is 1. The first-order valence-corrected chi connectivity index (χ1v) is 9.82. The molecule has 2 amide bonds. The monoisotopic (exact) mass is 412 g/mol. The van der Waals surface area contributed by atoms with Gasteiger partial charge in [0.25, 0.3) is 0 Å². The van der Waals surface area contributed by atoms with Gasteiger partial charge < -0.3 is 14.9 Å². The molecule has 0 atom stereocenters. The second-order valence-electron chi connectivity index (χ2n) is 8.29. The smallest absolute Gasteiger partial charge is 0.335 e. The Kier molecular flexibility index (Phi) is 7.45. The predicted molar refractivity (Wildman–Crippen MR) is 121 cm³/mol. The van der Waals surface area contributed by atoms with E-state index in [1.165, 1.54) is 7.05 Å². The van der Waals surface area contributed by atoms with Crippen LogP contribution >= 0.6 is 0 Å². The molecule has 0 unspecified atom stereocenters. The largest absolute Gasteiger partial charge is 0.489 e. The van der Waals surface area contributed by atoms with Gasteiger partial charge in [-0.2, -0.15) is 0 Å². The Morgan fingerprint density at radius 1 is 1.17 bits per heavy atom. The molecule has 0 heterocycles. The number of ether oxygens (including phenoxy) is 1. The van der Waals surface area contributed by atoms with Crippen molar-refractivity contribution in [3.8, 4) is 5.75 Å². The van der Waals surface area contributed by atoms with E-state index >= 15 is 0 Å². The van der Waals surface area contributed by atoms with E-state index in [1.807, 2.05) is 77.9 Å². The van der Waals surface area contributed by atoms with Gasteiger partial charge in [-0.3, -0.25) is 5.01 Å². The number of hydrogen-bond donors (Lipinski definition) is 2. The SMILES string of the molecule is CC(=NOC(C)(C)C)c1ccc(OCc2c(C)cccc2NC(=O)N(C)N)c(C)c1. The quantitative estimate of drug-likeness (QED) is 0.310. The van der Waals surface area contributed by atoms with Gasteiger partial charge in [0.05, 0.1) is 5.71 Å². The normalized spacial score (nSPS) is 11.8. The number of amides is 2. The number of nitrogens with zero attached hydrogens (tertiary/aromatic N) is 2. The zero-order valence-electron chi connectivity index (χ0n) is 18.9. The number of benzene rings is 2. The zero-order chi connectivity index (χ0) is 22.5. The summed E-state index contributed by atoms with van der Waals surface area (Å²) < 4.78 is 6.07. The fourth-order valence-corrected chi connectivity index (χ4v) is 2.66. The summed E-state index contributed by atoms with van der Waals surface area (Å²) in [4.78, 5) is 17.5. The summed E-state index contributed by atoms with van der Waals surface area (Å²) in [5, 5.41) is 8.02. The van der Waals surface area contributed by atoms with E-state index < -0.39 is 6.03 Å². The van der Waals surface area contributed by atoms with Crippen molar-refractivity contribution < 1.29 is 14.4 Å². The van der Waals surface area contributed by atoms with E-state index in [4.69, 9.17) is 15.4 Å². The molecule has 7 nitrogen and oxygen atoms in total. The number of nitrogens with one attached hydrogen (secondary N) is 1. The van der Waals surface area contributed by atoms with Gasteiger partial charge in [-0.15, -0.1) is 0 Å². The van der Waals surface area contributed by atoms with Crippen molar-refractivity contribution in [3.05, 3.63) is 58.7 Å². The van der Waals surface area contributed by atoms with Gasteiger partial charge in [0.1, 0.15) is 18.0 Å². The van der Waals surface area contributed by atoms with E-state index in [2.05, 4.69) is 10.5 Å². The predicted octanol–water partition coefficient (Wildman–Crippen LogP) is 4.76. The Morgan fingerprint density at radius 2 is 1.87 bits per heavy atom. The van der Waals surface area contributed by atoms with Crippen LogP contribution in [0.15, 0.2) is 41.6 Å². The molecule has 0 fully saturated rings.